The van der Waals surface area contributed by atoms with Crippen LogP contribution in [0.3, 0.4) is 0 Å². The van der Waals surface area contributed by atoms with Crippen LogP contribution < -0.4 is 10.1 Å². The minimum atomic E-state index is 0.114. The molecule has 0 atom stereocenters. The Hall–Kier alpha value is -2.33. The first kappa shape index (κ1) is 17.5. The van der Waals surface area contributed by atoms with E-state index in [2.05, 4.69) is 17.1 Å². The molecule has 4 nitrogen and oxygen atoms in total. The molecule has 0 aliphatic carbocycles. The SMILES string of the molecule is CCN1CCC(C(=O)Nc2cccc(-c3cccc(OC)c3)c2)CC1. The van der Waals surface area contributed by atoms with Crippen molar-refractivity contribution in [2.24, 2.45) is 5.92 Å². The van der Waals surface area contributed by atoms with Gasteiger partial charge in [-0.2, -0.15) is 0 Å². The molecule has 1 N–H and O–H groups in total. The Kier molecular flexibility index (Phi) is 5.71. The van der Waals surface area contributed by atoms with E-state index in [0.717, 1.165) is 55.0 Å². The molecular weight excluding hydrogens is 312 g/mol. The van der Waals surface area contributed by atoms with Crippen molar-refractivity contribution < 1.29 is 9.53 Å². The highest BCUT2D eigenvalue weighted by molar-refractivity contribution is 5.93. The molecular formula is C21H26N2O2. The largest absolute Gasteiger partial charge is 0.497 e. The van der Waals surface area contributed by atoms with Gasteiger partial charge in [0.25, 0.3) is 0 Å². The van der Waals surface area contributed by atoms with Crippen molar-refractivity contribution in [3.05, 3.63) is 48.5 Å². The number of carbonyl (C=O) groups is 1. The summed E-state index contributed by atoms with van der Waals surface area (Å²) in [6, 6.07) is 15.9. The van der Waals surface area contributed by atoms with E-state index in [-0.39, 0.29) is 11.8 Å². The number of amides is 1. The first-order valence-electron chi connectivity index (χ1n) is 8.97. The third-order valence-electron chi connectivity index (χ3n) is 4.94. The molecule has 25 heavy (non-hydrogen) atoms. The van der Waals surface area contributed by atoms with E-state index in [1.165, 1.54) is 0 Å². The number of carbonyl (C=O) groups excluding carboxylic acids is 1. The molecule has 0 aromatic heterocycles. The monoisotopic (exact) mass is 338 g/mol. The summed E-state index contributed by atoms with van der Waals surface area (Å²) in [6.45, 7) is 5.26. The van der Waals surface area contributed by atoms with Gasteiger partial charge < -0.3 is 15.0 Å². The second-order valence-electron chi connectivity index (χ2n) is 6.51. The number of nitrogens with one attached hydrogen (secondary N) is 1. The average molecular weight is 338 g/mol. The first-order chi connectivity index (χ1) is 12.2. The van der Waals surface area contributed by atoms with Gasteiger partial charge in [0.05, 0.1) is 7.11 Å². The zero-order valence-electron chi connectivity index (χ0n) is 15.0. The van der Waals surface area contributed by atoms with Crippen LogP contribution in [0.4, 0.5) is 5.69 Å². The number of methoxy groups -OCH3 is 1. The number of ether oxygens (including phenoxy) is 1. The molecule has 3 rings (SSSR count). The second kappa shape index (κ2) is 8.17. The maximum atomic E-state index is 12.6. The number of piperidine rings is 1. The van der Waals surface area contributed by atoms with Crippen LogP contribution in [-0.4, -0.2) is 37.6 Å². The van der Waals surface area contributed by atoms with Gasteiger partial charge in [-0.15, -0.1) is 0 Å². The zero-order chi connectivity index (χ0) is 17.6. The van der Waals surface area contributed by atoms with Crippen molar-refractivity contribution >= 4 is 11.6 Å². The van der Waals surface area contributed by atoms with Crippen molar-refractivity contribution in [2.45, 2.75) is 19.8 Å². The molecule has 1 amide bonds. The van der Waals surface area contributed by atoms with E-state index in [1.807, 2.05) is 48.5 Å². The van der Waals surface area contributed by atoms with E-state index in [9.17, 15) is 4.79 Å². The summed E-state index contributed by atoms with van der Waals surface area (Å²) in [5.41, 5.74) is 2.99. The maximum absolute atomic E-state index is 12.6. The van der Waals surface area contributed by atoms with Gasteiger partial charge in [-0.3, -0.25) is 4.79 Å². The highest BCUT2D eigenvalue weighted by atomic mass is 16.5. The number of rotatable bonds is 5. The summed E-state index contributed by atoms with van der Waals surface area (Å²) < 4.78 is 5.29. The van der Waals surface area contributed by atoms with Gasteiger partial charge in [0.1, 0.15) is 5.75 Å². The van der Waals surface area contributed by atoms with E-state index in [4.69, 9.17) is 4.74 Å². The lowest BCUT2D eigenvalue weighted by atomic mass is 9.95. The third-order valence-corrected chi connectivity index (χ3v) is 4.94. The highest BCUT2D eigenvalue weighted by Gasteiger charge is 2.24. The van der Waals surface area contributed by atoms with Gasteiger partial charge in [-0.25, -0.2) is 0 Å². The van der Waals surface area contributed by atoms with Gasteiger partial charge in [0, 0.05) is 11.6 Å². The number of likely N-dealkylation sites (tertiary alicyclic amines) is 1. The van der Waals surface area contributed by atoms with Crippen LogP contribution in [-0.2, 0) is 4.79 Å². The Labute approximate surface area is 149 Å². The van der Waals surface area contributed by atoms with Crippen molar-refractivity contribution in [3.63, 3.8) is 0 Å². The number of hydrogen-bond donors (Lipinski definition) is 1. The average Bonchev–Trinajstić information content (AvgIpc) is 2.68. The summed E-state index contributed by atoms with van der Waals surface area (Å²) in [6.07, 6.45) is 1.88. The summed E-state index contributed by atoms with van der Waals surface area (Å²) >= 11 is 0. The quantitative estimate of drug-likeness (QED) is 0.895. The van der Waals surface area contributed by atoms with Crippen LogP contribution in [0, 0.1) is 5.92 Å². The van der Waals surface area contributed by atoms with Gasteiger partial charge in [-0.05, 0) is 67.9 Å². The lowest BCUT2D eigenvalue weighted by Crippen LogP contribution is -2.37. The smallest absolute Gasteiger partial charge is 0.227 e. The zero-order valence-corrected chi connectivity index (χ0v) is 15.0. The molecule has 0 saturated carbocycles. The van der Waals surface area contributed by atoms with E-state index < -0.39 is 0 Å². The lowest BCUT2D eigenvalue weighted by Gasteiger charge is -2.30. The van der Waals surface area contributed by atoms with Crippen LogP contribution in [0.25, 0.3) is 11.1 Å². The number of hydrogen-bond acceptors (Lipinski definition) is 3. The maximum Gasteiger partial charge on any atom is 0.227 e. The van der Waals surface area contributed by atoms with Gasteiger partial charge in [0.15, 0.2) is 0 Å². The number of benzene rings is 2. The molecule has 1 heterocycles. The molecule has 0 radical (unpaired) electrons. The molecule has 0 spiro atoms. The molecule has 0 bridgehead atoms. The predicted molar refractivity (Wildman–Crippen MR) is 102 cm³/mol. The van der Waals surface area contributed by atoms with Gasteiger partial charge in [0.2, 0.25) is 5.91 Å². The Morgan fingerprint density at radius 2 is 1.80 bits per heavy atom. The summed E-state index contributed by atoms with van der Waals surface area (Å²) in [5.74, 6) is 1.08. The van der Waals surface area contributed by atoms with Crippen molar-refractivity contribution in [3.8, 4) is 16.9 Å². The number of nitrogens with zero attached hydrogens (tertiary/aromatic N) is 1. The van der Waals surface area contributed by atoms with Crippen LogP contribution in [0.2, 0.25) is 0 Å². The van der Waals surface area contributed by atoms with E-state index >= 15 is 0 Å². The summed E-state index contributed by atoms with van der Waals surface area (Å²) in [4.78, 5) is 15.0. The molecule has 1 saturated heterocycles. The fourth-order valence-electron chi connectivity index (χ4n) is 3.33. The highest BCUT2D eigenvalue weighted by Crippen LogP contribution is 2.27. The molecule has 1 aliphatic rings. The number of anilines is 1. The third kappa shape index (κ3) is 4.40. The van der Waals surface area contributed by atoms with Crippen LogP contribution >= 0.6 is 0 Å². The van der Waals surface area contributed by atoms with Gasteiger partial charge >= 0.3 is 0 Å². The summed E-state index contributed by atoms with van der Waals surface area (Å²) in [7, 11) is 1.67. The van der Waals surface area contributed by atoms with Crippen molar-refractivity contribution in [2.75, 3.05) is 32.1 Å². The molecule has 132 valence electrons. The Morgan fingerprint density at radius 3 is 2.48 bits per heavy atom. The molecule has 1 aliphatic heterocycles. The van der Waals surface area contributed by atoms with E-state index in [1.54, 1.807) is 7.11 Å². The van der Waals surface area contributed by atoms with Crippen LogP contribution in [0.15, 0.2) is 48.5 Å². The van der Waals surface area contributed by atoms with Crippen LogP contribution in [0.5, 0.6) is 5.75 Å². The van der Waals surface area contributed by atoms with Crippen molar-refractivity contribution in [1.82, 2.24) is 4.90 Å². The standard InChI is InChI=1S/C21H26N2O2/c1-3-23-12-10-16(11-13-23)21(24)22-19-8-4-6-17(14-19)18-7-5-9-20(15-18)25-2/h4-9,14-16H,3,10-13H2,1-2H3,(H,22,24). The molecule has 2 aromatic rings. The molecule has 4 heteroatoms. The molecule has 1 fully saturated rings. The fourth-order valence-corrected chi connectivity index (χ4v) is 3.33. The minimum Gasteiger partial charge on any atom is -0.497 e. The fraction of sp³-hybridized carbons (Fsp3) is 0.381. The minimum absolute atomic E-state index is 0.114. The van der Waals surface area contributed by atoms with E-state index in [0.29, 0.717) is 0 Å². The Morgan fingerprint density at radius 1 is 1.12 bits per heavy atom. The molecule has 2 aromatic carbocycles. The topological polar surface area (TPSA) is 41.6 Å². The van der Waals surface area contributed by atoms with Crippen LogP contribution in [0.1, 0.15) is 19.8 Å². The van der Waals surface area contributed by atoms with Crippen molar-refractivity contribution in [1.29, 1.82) is 0 Å². The normalized spacial score (nSPS) is 15.8. The predicted octanol–water partition coefficient (Wildman–Crippen LogP) is 4.03. The summed E-state index contributed by atoms with van der Waals surface area (Å²) in [5, 5.41) is 3.09. The lowest BCUT2D eigenvalue weighted by molar-refractivity contribution is -0.121. The van der Waals surface area contributed by atoms with Gasteiger partial charge in [-0.1, -0.05) is 31.2 Å². The Balaban J connectivity index is 1.68. The first-order valence-corrected chi connectivity index (χ1v) is 8.97. The second-order valence-corrected chi connectivity index (χ2v) is 6.51. The molecule has 0 unspecified atom stereocenters. The Bertz CT molecular complexity index is 721.